The van der Waals surface area contributed by atoms with Crippen molar-refractivity contribution in [3.63, 3.8) is 0 Å². The average Bonchev–Trinajstić information content (AvgIpc) is 2.02. The van der Waals surface area contributed by atoms with Gasteiger partial charge in [-0.05, 0) is 30.2 Å². The Morgan fingerprint density at radius 1 is 1.31 bits per heavy atom. The molecule has 1 nitrogen and oxygen atoms in total. The van der Waals surface area contributed by atoms with Crippen molar-refractivity contribution in [2.45, 2.75) is 26.2 Å². The van der Waals surface area contributed by atoms with E-state index < -0.39 is 0 Å². The van der Waals surface area contributed by atoms with Gasteiger partial charge in [0.15, 0.2) is 0 Å². The van der Waals surface area contributed by atoms with E-state index in [1.54, 1.807) is 0 Å². The van der Waals surface area contributed by atoms with Gasteiger partial charge in [-0.25, -0.2) is 0 Å². The highest BCUT2D eigenvalue weighted by Gasteiger charge is 2.18. The van der Waals surface area contributed by atoms with Gasteiger partial charge in [-0.15, -0.1) is 0 Å². The van der Waals surface area contributed by atoms with E-state index in [1.807, 2.05) is 0 Å². The van der Waals surface area contributed by atoms with E-state index in [2.05, 4.69) is 54.9 Å². The minimum Gasteiger partial charge on any atom is -0.330 e. The summed E-state index contributed by atoms with van der Waals surface area (Å²) < 4.78 is 1.13. The summed E-state index contributed by atoms with van der Waals surface area (Å²) in [6.07, 6.45) is 0. The summed E-state index contributed by atoms with van der Waals surface area (Å²) in [6, 6.07) is 6.44. The molecule has 1 rings (SSSR count). The van der Waals surface area contributed by atoms with Gasteiger partial charge in [-0.3, -0.25) is 0 Å². The molecule has 0 spiro atoms. The van der Waals surface area contributed by atoms with Crippen LogP contribution < -0.4 is 5.73 Å². The second kappa shape index (κ2) is 3.81. The molecule has 72 valence electrons. The third-order valence-electron chi connectivity index (χ3n) is 2.33. The highest BCUT2D eigenvalue weighted by molar-refractivity contribution is 9.10. The van der Waals surface area contributed by atoms with Crippen molar-refractivity contribution in [3.8, 4) is 0 Å². The van der Waals surface area contributed by atoms with Crippen LogP contribution in [0, 0.1) is 6.92 Å². The fourth-order valence-corrected chi connectivity index (χ4v) is 1.85. The molecule has 0 radical (unpaired) electrons. The fourth-order valence-electron chi connectivity index (χ4n) is 1.24. The monoisotopic (exact) mass is 241 g/mol. The number of hydrogen-bond donors (Lipinski definition) is 1. The first-order chi connectivity index (χ1) is 5.95. The van der Waals surface area contributed by atoms with E-state index >= 15 is 0 Å². The Hall–Kier alpha value is -0.340. The van der Waals surface area contributed by atoms with Crippen LogP contribution in [0.25, 0.3) is 0 Å². The molecular weight excluding hydrogens is 226 g/mol. The second-order valence-corrected chi connectivity index (χ2v) is 5.02. The van der Waals surface area contributed by atoms with Crippen LogP contribution in [-0.2, 0) is 5.41 Å². The molecule has 2 N–H and O–H groups in total. The number of hydrogen-bond acceptors (Lipinski definition) is 1. The summed E-state index contributed by atoms with van der Waals surface area (Å²) in [6.45, 7) is 7.09. The summed E-state index contributed by atoms with van der Waals surface area (Å²) in [5, 5.41) is 0. The van der Waals surface area contributed by atoms with Crippen LogP contribution in [0.1, 0.15) is 25.0 Å². The van der Waals surface area contributed by atoms with Crippen molar-refractivity contribution in [2.75, 3.05) is 6.54 Å². The van der Waals surface area contributed by atoms with E-state index in [-0.39, 0.29) is 5.41 Å². The highest BCUT2D eigenvalue weighted by atomic mass is 79.9. The topological polar surface area (TPSA) is 26.0 Å². The molecule has 0 aliphatic heterocycles. The second-order valence-electron chi connectivity index (χ2n) is 4.11. The molecule has 0 aromatic heterocycles. The normalized spacial score (nSPS) is 11.8. The van der Waals surface area contributed by atoms with Crippen LogP contribution in [0.4, 0.5) is 0 Å². The van der Waals surface area contributed by atoms with E-state index in [9.17, 15) is 0 Å². The Labute approximate surface area is 88.5 Å². The average molecular weight is 242 g/mol. The lowest BCUT2D eigenvalue weighted by molar-refractivity contribution is 0.538. The summed E-state index contributed by atoms with van der Waals surface area (Å²) in [7, 11) is 0. The number of aryl methyl sites for hydroxylation is 1. The molecule has 0 aliphatic rings. The van der Waals surface area contributed by atoms with Crippen molar-refractivity contribution in [1.82, 2.24) is 0 Å². The summed E-state index contributed by atoms with van der Waals surface area (Å²) in [4.78, 5) is 0. The molecule has 0 unspecified atom stereocenters. The first-order valence-corrected chi connectivity index (χ1v) is 5.23. The summed E-state index contributed by atoms with van der Waals surface area (Å²) >= 11 is 3.49. The van der Waals surface area contributed by atoms with Crippen LogP contribution >= 0.6 is 15.9 Å². The zero-order valence-electron chi connectivity index (χ0n) is 8.39. The van der Waals surface area contributed by atoms with E-state index in [0.717, 1.165) is 4.47 Å². The first-order valence-electron chi connectivity index (χ1n) is 4.43. The lowest BCUT2D eigenvalue weighted by Gasteiger charge is -2.23. The lowest BCUT2D eigenvalue weighted by atomic mass is 9.84. The van der Waals surface area contributed by atoms with Gasteiger partial charge in [-0.1, -0.05) is 35.8 Å². The zero-order valence-corrected chi connectivity index (χ0v) is 9.98. The maximum absolute atomic E-state index is 5.72. The molecule has 0 bridgehead atoms. The lowest BCUT2D eigenvalue weighted by Crippen LogP contribution is -2.28. The largest absolute Gasteiger partial charge is 0.330 e. The molecule has 1 aromatic rings. The van der Waals surface area contributed by atoms with E-state index in [0.29, 0.717) is 6.54 Å². The standard InChI is InChI=1S/C11H16BrN/c1-8-4-9(6-10(12)5-8)11(2,3)7-13/h4-6H,7,13H2,1-3H3. The molecule has 0 heterocycles. The third kappa shape index (κ3) is 2.55. The van der Waals surface area contributed by atoms with Gasteiger partial charge in [0.2, 0.25) is 0 Å². The maximum atomic E-state index is 5.72. The number of rotatable bonds is 2. The van der Waals surface area contributed by atoms with Crippen LogP contribution in [0.15, 0.2) is 22.7 Å². The maximum Gasteiger partial charge on any atom is 0.0180 e. The van der Waals surface area contributed by atoms with Crippen LogP contribution in [-0.4, -0.2) is 6.54 Å². The van der Waals surface area contributed by atoms with Crippen molar-refractivity contribution in [1.29, 1.82) is 0 Å². The molecule has 0 atom stereocenters. The van der Waals surface area contributed by atoms with Gasteiger partial charge >= 0.3 is 0 Å². The SMILES string of the molecule is Cc1cc(Br)cc(C(C)(C)CN)c1. The van der Waals surface area contributed by atoms with Crippen molar-refractivity contribution in [3.05, 3.63) is 33.8 Å². The smallest absolute Gasteiger partial charge is 0.0180 e. The van der Waals surface area contributed by atoms with E-state index in [1.165, 1.54) is 11.1 Å². The third-order valence-corrected chi connectivity index (χ3v) is 2.79. The predicted molar refractivity (Wildman–Crippen MR) is 61.0 cm³/mol. The van der Waals surface area contributed by atoms with Crippen molar-refractivity contribution < 1.29 is 0 Å². The zero-order chi connectivity index (χ0) is 10.1. The number of benzene rings is 1. The Balaban J connectivity index is 3.15. The summed E-state index contributed by atoms with van der Waals surface area (Å²) in [5.41, 5.74) is 8.35. The Bertz CT molecular complexity index is 285. The van der Waals surface area contributed by atoms with Crippen LogP contribution in [0.2, 0.25) is 0 Å². The van der Waals surface area contributed by atoms with Gasteiger partial charge in [-0.2, -0.15) is 0 Å². The van der Waals surface area contributed by atoms with Gasteiger partial charge < -0.3 is 5.73 Å². The Kier molecular flexibility index (Phi) is 3.14. The van der Waals surface area contributed by atoms with Gasteiger partial charge in [0.25, 0.3) is 0 Å². The molecular formula is C11H16BrN. The van der Waals surface area contributed by atoms with Crippen LogP contribution in [0.3, 0.4) is 0 Å². The molecule has 0 saturated heterocycles. The Morgan fingerprint density at radius 3 is 2.38 bits per heavy atom. The predicted octanol–water partition coefficient (Wildman–Crippen LogP) is 2.99. The van der Waals surface area contributed by atoms with Crippen LogP contribution in [0.5, 0.6) is 0 Å². The molecule has 0 fully saturated rings. The molecule has 0 aliphatic carbocycles. The molecule has 13 heavy (non-hydrogen) atoms. The Morgan fingerprint density at radius 2 is 1.92 bits per heavy atom. The minimum atomic E-state index is 0.0640. The number of nitrogens with two attached hydrogens (primary N) is 1. The first kappa shape index (κ1) is 10.7. The van der Waals surface area contributed by atoms with Gasteiger partial charge in [0.1, 0.15) is 0 Å². The highest BCUT2D eigenvalue weighted by Crippen LogP contribution is 2.26. The minimum absolute atomic E-state index is 0.0640. The fraction of sp³-hybridized carbons (Fsp3) is 0.455. The van der Waals surface area contributed by atoms with Gasteiger partial charge in [0.05, 0.1) is 0 Å². The quantitative estimate of drug-likeness (QED) is 0.847. The van der Waals surface area contributed by atoms with Crippen molar-refractivity contribution >= 4 is 15.9 Å². The van der Waals surface area contributed by atoms with E-state index in [4.69, 9.17) is 5.73 Å². The molecule has 1 aromatic carbocycles. The molecule has 2 heteroatoms. The molecule has 0 amide bonds. The van der Waals surface area contributed by atoms with Crippen molar-refractivity contribution in [2.24, 2.45) is 5.73 Å². The number of halogens is 1. The summed E-state index contributed by atoms with van der Waals surface area (Å²) in [5.74, 6) is 0. The molecule has 0 saturated carbocycles. The van der Waals surface area contributed by atoms with Gasteiger partial charge in [0, 0.05) is 16.4 Å².